The Bertz CT molecular complexity index is 460. The van der Waals surface area contributed by atoms with Crippen LogP contribution < -0.4 is 5.90 Å². The second-order valence-corrected chi connectivity index (χ2v) is 3.57. The van der Waals surface area contributed by atoms with Crippen molar-refractivity contribution in [2.45, 2.75) is 20.5 Å². The molecule has 0 radical (unpaired) electrons. The minimum atomic E-state index is 0.458. The number of aryl methyl sites for hydroxylation is 2. The first-order valence-electron chi connectivity index (χ1n) is 4.62. The number of benzene rings is 1. The molecule has 0 aliphatic heterocycles. The molecule has 2 aromatic rings. The number of nitrogens with one attached hydrogen (secondary N) is 1. The maximum atomic E-state index is 5.04. The molecule has 1 aromatic carbocycles. The molecule has 0 aliphatic carbocycles. The van der Waals surface area contributed by atoms with Crippen molar-refractivity contribution in [3.8, 4) is 0 Å². The van der Waals surface area contributed by atoms with Gasteiger partial charge in [0, 0.05) is 16.6 Å². The van der Waals surface area contributed by atoms with Crippen LogP contribution in [0.5, 0.6) is 0 Å². The van der Waals surface area contributed by atoms with Crippen molar-refractivity contribution >= 4 is 10.9 Å². The molecule has 0 bridgehead atoms. The summed E-state index contributed by atoms with van der Waals surface area (Å²) in [7, 11) is 0. The maximum absolute atomic E-state index is 5.04. The summed E-state index contributed by atoms with van der Waals surface area (Å²) in [5, 5.41) is 1.25. The van der Waals surface area contributed by atoms with Crippen LogP contribution in [0.25, 0.3) is 10.9 Å². The molecule has 0 unspecified atom stereocenters. The molecule has 0 aliphatic rings. The van der Waals surface area contributed by atoms with Crippen molar-refractivity contribution in [1.82, 2.24) is 4.98 Å². The summed E-state index contributed by atoms with van der Waals surface area (Å²) in [5.41, 5.74) is 4.77. The molecular formula is C11H14N2O. The third-order valence-electron chi connectivity index (χ3n) is 2.62. The molecular weight excluding hydrogens is 176 g/mol. The highest BCUT2D eigenvalue weighted by atomic mass is 16.6. The number of nitrogens with two attached hydrogens (primary N) is 1. The first-order valence-corrected chi connectivity index (χ1v) is 4.62. The Morgan fingerprint density at radius 3 is 2.86 bits per heavy atom. The fourth-order valence-corrected chi connectivity index (χ4v) is 1.69. The van der Waals surface area contributed by atoms with Crippen LogP contribution >= 0.6 is 0 Å². The lowest BCUT2D eigenvalue weighted by Crippen LogP contribution is -1.98. The van der Waals surface area contributed by atoms with E-state index >= 15 is 0 Å². The van der Waals surface area contributed by atoms with Gasteiger partial charge in [-0.1, -0.05) is 6.07 Å². The van der Waals surface area contributed by atoms with Gasteiger partial charge in [0.15, 0.2) is 0 Å². The summed E-state index contributed by atoms with van der Waals surface area (Å²) in [5.74, 6) is 5.04. The van der Waals surface area contributed by atoms with Crippen LogP contribution in [0, 0.1) is 13.8 Å². The van der Waals surface area contributed by atoms with E-state index in [1.807, 2.05) is 6.07 Å². The third-order valence-corrected chi connectivity index (χ3v) is 2.62. The van der Waals surface area contributed by atoms with E-state index < -0.39 is 0 Å². The van der Waals surface area contributed by atoms with E-state index in [0.717, 1.165) is 5.56 Å². The highest BCUT2D eigenvalue weighted by Crippen LogP contribution is 2.22. The van der Waals surface area contributed by atoms with Crippen LogP contribution in [0.4, 0.5) is 0 Å². The van der Waals surface area contributed by atoms with E-state index in [2.05, 4.69) is 35.8 Å². The van der Waals surface area contributed by atoms with Crippen LogP contribution in [0.3, 0.4) is 0 Å². The SMILES string of the molecule is Cc1[nH]c2ccc(CON)cc2c1C. The zero-order valence-electron chi connectivity index (χ0n) is 8.42. The van der Waals surface area contributed by atoms with Crippen molar-refractivity contribution in [2.24, 2.45) is 5.90 Å². The molecule has 3 N–H and O–H groups in total. The number of aromatic amines is 1. The molecule has 2 rings (SSSR count). The van der Waals surface area contributed by atoms with Crippen LogP contribution in [-0.2, 0) is 11.4 Å². The summed E-state index contributed by atoms with van der Waals surface area (Å²) in [6.07, 6.45) is 0. The van der Waals surface area contributed by atoms with Crippen molar-refractivity contribution in [1.29, 1.82) is 0 Å². The maximum Gasteiger partial charge on any atom is 0.0930 e. The molecule has 0 fully saturated rings. The number of rotatable bonds is 2. The van der Waals surface area contributed by atoms with Gasteiger partial charge in [-0.15, -0.1) is 0 Å². The number of aromatic nitrogens is 1. The van der Waals surface area contributed by atoms with Crippen molar-refractivity contribution in [2.75, 3.05) is 0 Å². The van der Waals surface area contributed by atoms with Gasteiger partial charge in [0.05, 0.1) is 6.61 Å². The van der Waals surface area contributed by atoms with Gasteiger partial charge in [0.1, 0.15) is 0 Å². The van der Waals surface area contributed by atoms with E-state index in [9.17, 15) is 0 Å². The standard InChI is InChI=1S/C11H14N2O/c1-7-8(2)13-11-4-3-9(6-14-12)5-10(7)11/h3-5,13H,6,12H2,1-2H3. The molecule has 1 heterocycles. The van der Waals surface area contributed by atoms with Gasteiger partial charge in [-0.25, -0.2) is 5.90 Å². The van der Waals surface area contributed by atoms with Gasteiger partial charge in [0.25, 0.3) is 0 Å². The molecule has 0 saturated heterocycles. The van der Waals surface area contributed by atoms with E-state index in [-0.39, 0.29) is 0 Å². The Morgan fingerprint density at radius 1 is 1.36 bits per heavy atom. The predicted octanol–water partition coefficient (Wildman–Crippen LogP) is 2.18. The number of hydrogen-bond acceptors (Lipinski definition) is 2. The van der Waals surface area contributed by atoms with E-state index in [1.54, 1.807) is 0 Å². The Labute approximate surface area is 82.8 Å². The number of H-pyrrole nitrogens is 1. The minimum Gasteiger partial charge on any atom is -0.358 e. The van der Waals surface area contributed by atoms with Crippen LogP contribution in [0.1, 0.15) is 16.8 Å². The average Bonchev–Trinajstić information content (AvgIpc) is 2.45. The van der Waals surface area contributed by atoms with Crippen molar-refractivity contribution in [3.63, 3.8) is 0 Å². The third kappa shape index (κ3) is 1.41. The summed E-state index contributed by atoms with van der Waals surface area (Å²) in [4.78, 5) is 7.94. The Balaban J connectivity index is 2.58. The van der Waals surface area contributed by atoms with Gasteiger partial charge in [-0.3, -0.25) is 4.84 Å². The summed E-state index contributed by atoms with van der Waals surface area (Å²) < 4.78 is 0. The molecule has 14 heavy (non-hydrogen) atoms. The number of fused-ring (bicyclic) bond motifs is 1. The van der Waals surface area contributed by atoms with Gasteiger partial charge in [-0.2, -0.15) is 0 Å². The second-order valence-electron chi connectivity index (χ2n) is 3.57. The molecule has 0 atom stereocenters. The minimum absolute atomic E-state index is 0.458. The van der Waals surface area contributed by atoms with Crippen LogP contribution in [0.2, 0.25) is 0 Å². The molecule has 74 valence electrons. The zero-order chi connectivity index (χ0) is 10.1. The van der Waals surface area contributed by atoms with E-state index in [1.165, 1.54) is 22.2 Å². The fourth-order valence-electron chi connectivity index (χ4n) is 1.69. The van der Waals surface area contributed by atoms with Crippen molar-refractivity contribution in [3.05, 3.63) is 35.0 Å². The Hall–Kier alpha value is -1.32. The van der Waals surface area contributed by atoms with E-state index in [0.29, 0.717) is 6.61 Å². The second kappa shape index (κ2) is 3.44. The van der Waals surface area contributed by atoms with Crippen LogP contribution in [-0.4, -0.2) is 4.98 Å². The fraction of sp³-hybridized carbons (Fsp3) is 0.273. The van der Waals surface area contributed by atoms with Gasteiger partial charge >= 0.3 is 0 Å². The van der Waals surface area contributed by atoms with Gasteiger partial charge in [-0.05, 0) is 37.1 Å². The summed E-state index contributed by atoms with van der Waals surface area (Å²) in [6.45, 7) is 4.65. The first kappa shape index (κ1) is 9.24. The van der Waals surface area contributed by atoms with Crippen molar-refractivity contribution < 1.29 is 4.84 Å². The van der Waals surface area contributed by atoms with Gasteiger partial charge in [0.2, 0.25) is 0 Å². The molecule has 3 heteroatoms. The monoisotopic (exact) mass is 190 g/mol. The normalized spacial score (nSPS) is 11.1. The highest BCUT2D eigenvalue weighted by molar-refractivity contribution is 5.84. The smallest absolute Gasteiger partial charge is 0.0930 e. The molecule has 3 nitrogen and oxygen atoms in total. The largest absolute Gasteiger partial charge is 0.358 e. The first-order chi connectivity index (χ1) is 6.72. The predicted molar refractivity (Wildman–Crippen MR) is 56.7 cm³/mol. The quantitative estimate of drug-likeness (QED) is 0.713. The molecule has 0 saturated carbocycles. The molecule has 0 spiro atoms. The highest BCUT2D eigenvalue weighted by Gasteiger charge is 2.04. The molecule has 0 amide bonds. The molecule has 1 aromatic heterocycles. The lowest BCUT2D eigenvalue weighted by molar-refractivity contribution is 0.124. The lowest BCUT2D eigenvalue weighted by Gasteiger charge is -1.99. The van der Waals surface area contributed by atoms with Crippen LogP contribution in [0.15, 0.2) is 18.2 Å². The van der Waals surface area contributed by atoms with Gasteiger partial charge < -0.3 is 4.98 Å². The number of hydrogen-bond donors (Lipinski definition) is 2. The Morgan fingerprint density at radius 2 is 2.14 bits per heavy atom. The zero-order valence-corrected chi connectivity index (χ0v) is 8.42. The summed E-state index contributed by atoms with van der Waals surface area (Å²) in [6, 6.07) is 6.19. The average molecular weight is 190 g/mol. The van der Waals surface area contributed by atoms with E-state index in [4.69, 9.17) is 5.90 Å². The topological polar surface area (TPSA) is 51.0 Å². The summed E-state index contributed by atoms with van der Waals surface area (Å²) >= 11 is 0. The lowest BCUT2D eigenvalue weighted by atomic mass is 10.1. The Kier molecular flexibility index (Phi) is 2.27.